The largest absolute Gasteiger partial charge is 0.497 e. The van der Waals surface area contributed by atoms with Crippen molar-refractivity contribution in [1.29, 1.82) is 0 Å². The van der Waals surface area contributed by atoms with Crippen molar-refractivity contribution in [2.24, 2.45) is 0 Å². The molecule has 0 aliphatic heterocycles. The van der Waals surface area contributed by atoms with Gasteiger partial charge in [0.15, 0.2) is 5.78 Å². The number of fused-ring (bicyclic) bond motifs is 3. The molecule has 0 unspecified atom stereocenters. The average molecular weight is 384 g/mol. The number of aromatic carboxylic acids is 1. The number of aryl methyl sites for hydroxylation is 1. The van der Waals surface area contributed by atoms with Crippen LogP contribution in [0.2, 0.25) is 5.02 Å². The standard InChI is InChI=1S/C21H18ClNO4/c1-27-14-7-5-13(17(22)10-14)11-23-18-9-12(21(25)26)6-8-15(18)16-3-2-4-19(24)20(16)23/h5-10H,2-4,11H2,1H3,(H,25,26). The Bertz CT molecular complexity index is 1080. The molecule has 0 radical (unpaired) electrons. The van der Waals surface area contributed by atoms with Gasteiger partial charge >= 0.3 is 5.97 Å². The molecular formula is C21H18ClNO4. The van der Waals surface area contributed by atoms with Gasteiger partial charge in [0.25, 0.3) is 0 Å². The minimum Gasteiger partial charge on any atom is -0.497 e. The molecule has 0 fully saturated rings. The van der Waals surface area contributed by atoms with E-state index in [4.69, 9.17) is 16.3 Å². The highest BCUT2D eigenvalue weighted by molar-refractivity contribution is 6.31. The molecule has 0 bridgehead atoms. The molecule has 3 aromatic rings. The van der Waals surface area contributed by atoms with Crippen LogP contribution in [0.1, 0.15) is 44.8 Å². The minimum absolute atomic E-state index is 0.0916. The summed E-state index contributed by atoms with van der Waals surface area (Å²) in [6.45, 7) is 0.392. The van der Waals surface area contributed by atoms with E-state index < -0.39 is 5.97 Å². The molecule has 0 amide bonds. The Morgan fingerprint density at radius 1 is 1.22 bits per heavy atom. The van der Waals surface area contributed by atoms with Gasteiger partial charge in [-0.2, -0.15) is 0 Å². The molecule has 1 N–H and O–H groups in total. The highest BCUT2D eigenvalue weighted by Gasteiger charge is 2.26. The summed E-state index contributed by atoms with van der Waals surface area (Å²) in [6.07, 6.45) is 2.13. The first kappa shape index (κ1) is 17.6. The van der Waals surface area contributed by atoms with Gasteiger partial charge in [-0.15, -0.1) is 0 Å². The molecule has 0 saturated carbocycles. The van der Waals surface area contributed by atoms with E-state index in [9.17, 15) is 14.7 Å². The SMILES string of the molecule is COc1ccc(Cn2c3c(c4ccc(C(=O)O)cc42)CCCC3=O)c(Cl)c1. The fraction of sp³-hybridized carbons (Fsp3) is 0.238. The van der Waals surface area contributed by atoms with E-state index in [1.165, 1.54) is 0 Å². The number of rotatable bonds is 4. The topological polar surface area (TPSA) is 68.5 Å². The van der Waals surface area contributed by atoms with Crippen molar-refractivity contribution in [1.82, 2.24) is 4.57 Å². The number of ether oxygens (including phenoxy) is 1. The zero-order valence-electron chi connectivity index (χ0n) is 14.8. The summed E-state index contributed by atoms with van der Waals surface area (Å²) in [5, 5.41) is 10.9. The van der Waals surface area contributed by atoms with Gasteiger partial charge in [-0.1, -0.05) is 23.7 Å². The summed E-state index contributed by atoms with van der Waals surface area (Å²) in [5.74, 6) is -0.238. The normalized spacial score (nSPS) is 13.6. The lowest BCUT2D eigenvalue weighted by atomic mass is 9.94. The van der Waals surface area contributed by atoms with Crippen molar-refractivity contribution in [3.63, 3.8) is 0 Å². The van der Waals surface area contributed by atoms with Gasteiger partial charge in [-0.05, 0) is 48.2 Å². The summed E-state index contributed by atoms with van der Waals surface area (Å²) in [5.41, 5.74) is 3.47. The van der Waals surface area contributed by atoms with Gasteiger partial charge in [0.05, 0.1) is 23.9 Å². The van der Waals surface area contributed by atoms with Crippen molar-refractivity contribution in [2.75, 3.05) is 7.11 Å². The lowest BCUT2D eigenvalue weighted by Gasteiger charge is -2.16. The molecule has 1 heterocycles. The Hall–Kier alpha value is -2.79. The van der Waals surface area contributed by atoms with Crippen LogP contribution in [0.15, 0.2) is 36.4 Å². The third kappa shape index (κ3) is 2.98. The zero-order chi connectivity index (χ0) is 19.1. The van der Waals surface area contributed by atoms with Crippen LogP contribution in [0.5, 0.6) is 5.75 Å². The predicted molar refractivity (Wildman–Crippen MR) is 103 cm³/mol. The summed E-state index contributed by atoms with van der Waals surface area (Å²) < 4.78 is 7.10. The number of carboxylic acid groups (broad SMARTS) is 1. The van der Waals surface area contributed by atoms with Gasteiger partial charge in [0.1, 0.15) is 5.75 Å². The number of carbonyl (C=O) groups is 2. The molecule has 138 valence electrons. The molecule has 0 saturated heterocycles. The summed E-state index contributed by atoms with van der Waals surface area (Å²) in [6, 6.07) is 10.5. The van der Waals surface area contributed by atoms with Gasteiger partial charge in [-0.25, -0.2) is 4.79 Å². The number of benzene rings is 2. The molecule has 0 atom stereocenters. The van der Waals surface area contributed by atoms with Crippen LogP contribution in [-0.2, 0) is 13.0 Å². The molecule has 6 heteroatoms. The Kier molecular flexibility index (Phi) is 4.40. The predicted octanol–water partition coefficient (Wildman–Crippen LogP) is 4.57. The van der Waals surface area contributed by atoms with Crippen LogP contribution in [0.3, 0.4) is 0 Å². The molecule has 27 heavy (non-hydrogen) atoms. The van der Waals surface area contributed by atoms with E-state index in [1.807, 2.05) is 22.8 Å². The van der Waals surface area contributed by atoms with Gasteiger partial charge in [0, 0.05) is 23.4 Å². The Morgan fingerprint density at radius 3 is 2.74 bits per heavy atom. The number of halogens is 1. The van der Waals surface area contributed by atoms with Gasteiger partial charge in [-0.3, -0.25) is 4.79 Å². The van der Waals surface area contributed by atoms with Crippen LogP contribution in [0.4, 0.5) is 0 Å². The number of carbonyl (C=O) groups excluding carboxylic acids is 1. The van der Waals surface area contributed by atoms with E-state index >= 15 is 0 Å². The van der Waals surface area contributed by atoms with Gasteiger partial charge in [0.2, 0.25) is 0 Å². The fourth-order valence-corrected chi connectivity index (χ4v) is 4.02. The van der Waals surface area contributed by atoms with E-state index in [0.717, 1.165) is 34.9 Å². The quantitative estimate of drug-likeness (QED) is 0.716. The zero-order valence-corrected chi connectivity index (χ0v) is 15.5. The Balaban J connectivity index is 1.92. The van der Waals surface area contributed by atoms with Crippen LogP contribution >= 0.6 is 11.6 Å². The van der Waals surface area contributed by atoms with Crippen LogP contribution in [0.25, 0.3) is 10.9 Å². The number of methoxy groups -OCH3 is 1. The van der Waals surface area contributed by atoms with Crippen molar-refractivity contribution >= 4 is 34.3 Å². The number of ketones is 1. The number of nitrogens with zero attached hydrogens (tertiary/aromatic N) is 1. The highest BCUT2D eigenvalue weighted by atomic mass is 35.5. The first-order chi connectivity index (χ1) is 13.0. The second kappa shape index (κ2) is 6.74. The van der Waals surface area contributed by atoms with Crippen molar-refractivity contribution in [2.45, 2.75) is 25.8 Å². The molecule has 5 nitrogen and oxygen atoms in total. The van der Waals surface area contributed by atoms with Crippen molar-refractivity contribution in [3.05, 3.63) is 63.8 Å². The van der Waals surface area contributed by atoms with Crippen LogP contribution in [-0.4, -0.2) is 28.5 Å². The maximum Gasteiger partial charge on any atom is 0.335 e. The fourth-order valence-electron chi connectivity index (χ4n) is 3.79. The highest BCUT2D eigenvalue weighted by Crippen LogP contribution is 2.34. The summed E-state index contributed by atoms with van der Waals surface area (Å²) >= 11 is 6.41. The summed E-state index contributed by atoms with van der Waals surface area (Å²) in [4.78, 5) is 24.1. The van der Waals surface area contributed by atoms with E-state index in [-0.39, 0.29) is 11.3 Å². The first-order valence-corrected chi connectivity index (χ1v) is 9.11. The Morgan fingerprint density at radius 2 is 2.04 bits per heavy atom. The number of aromatic nitrogens is 1. The molecule has 2 aromatic carbocycles. The number of hydrogen-bond donors (Lipinski definition) is 1. The summed E-state index contributed by atoms with van der Waals surface area (Å²) in [7, 11) is 1.58. The second-order valence-electron chi connectivity index (χ2n) is 6.68. The molecular weight excluding hydrogens is 366 g/mol. The maximum atomic E-state index is 12.7. The Labute approximate surface area is 161 Å². The number of hydrogen-bond acceptors (Lipinski definition) is 3. The lowest BCUT2D eigenvalue weighted by Crippen LogP contribution is -2.16. The minimum atomic E-state index is -0.989. The smallest absolute Gasteiger partial charge is 0.335 e. The monoisotopic (exact) mass is 383 g/mol. The molecule has 1 aliphatic carbocycles. The molecule has 4 rings (SSSR count). The van der Waals surface area contributed by atoms with E-state index in [1.54, 1.807) is 25.3 Å². The third-order valence-electron chi connectivity index (χ3n) is 5.10. The molecule has 1 aromatic heterocycles. The molecule has 0 spiro atoms. The second-order valence-corrected chi connectivity index (χ2v) is 7.09. The average Bonchev–Trinajstić information content (AvgIpc) is 2.97. The van der Waals surface area contributed by atoms with Crippen molar-refractivity contribution in [3.8, 4) is 5.75 Å². The van der Waals surface area contributed by atoms with Gasteiger partial charge < -0.3 is 14.4 Å². The first-order valence-electron chi connectivity index (χ1n) is 8.73. The third-order valence-corrected chi connectivity index (χ3v) is 5.45. The van der Waals surface area contributed by atoms with Crippen molar-refractivity contribution < 1.29 is 19.4 Å². The van der Waals surface area contributed by atoms with E-state index in [2.05, 4.69) is 0 Å². The molecule has 1 aliphatic rings. The lowest BCUT2D eigenvalue weighted by molar-refractivity contribution is 0.0696. The van der Waals surface area contributed by atoms with Crippen LogP contribution < -0.4 is 4.74 Å². The van der Waals surface area contributed by atoms with Crippen LogP contribution in [0, 0.1) is 0 Å². The number of carboxylic acids is 1. The van der Waals surface area contributed by atoms with E-state index in [0.29, 0.717) is 29.4 Å². The number of Topliss-reactive ketones (excluding diaryl/α,β-unsaturated/α-hetero) is 1. The maximum absolute atomic E-state index is 12.7.